The van der Waals surface area contributed by atoms with Crippen molar-refractivity contribution in [3.8, 4) is 0 Å². The molecule has 11 heteroatoms. The van der Waals surface area contributed by atoms with E-state index in [-0.39, 0.29) is 36.0 Å². The fourth-order valence-corrected chi connectivity index (χ4v) is 6.13. The zero-order valence-corrected chi connectivity index (χ0v) is 18.4. The van der Waals surface area contributed by atoms with Crippen molar-refractivity contribution in [2.45, 2.75) is 37.3 Å². The third kappa shape index (κ3) is 3.83. The molecule has 2 amide bonds. The second-order valence-electron chi connectivity index (χ2n) is 8.15. The highest BCUT2D eigenvalue weighted by molar-refractivity contribution is 7.89. The normalized spacial score (nSPS) is 24.5. The number of carbonyl (C=O) groups excluding carboxylic acids is 2. The SMILES string of the molecule is CC(=O)N1CC[C@@]2(C(=O)Nc3cccnc3)CCN(S(=O)(=O)c3cn(C)cn3)CC[C@@H]12. The molecular weight excluding hydrogens is 420 g/mol. The van der Waals surface area contributed by atoms with Gasteiger partial charge in [0.05, 0.1) is 23.6 Å². The Balaban J connectivity index is 1.64. The molecule has 4 rings (SSSR count). The fraction of sp³-hybridized carbons (Fsp3) is 0.500. The molecule has 0 radical (unpaired) electrons. The van der Waals surface area contributed by atoms with Crippen molar-refractivity contribution in [2.24, 2.45) is 12.5 Å². The Morgan fingerprint density at radius 2 is 2.00 bits per heavy atom. The molecule has 0 bridgehead atoms. The lowest BCUT2D eigenvalue weighted by Gasteiger charge is -2.35. The number of nitrogens with one attached hydrogen (secondary N) is 1. The van der Waals surface area contributed by atoms with Gasteiger partial charge in [-0.25, -0.2) is 13.4 Å². The first-order valence-corrected chi connectivity index (χ1v) is 11.6. The van der Waals surface area contributed by atoms with Crippen LogP contribution in [0.3, 0.4) is 0 Å². The smallest absolute Gasteiger partial charge is 0.262 e. The zero-order valence-electron chi connectivity index (χ0n) is 17.6. The second-order valence-corrected chi connectivity index (χ2v) is 10.0. The van der Waals surface area contributed by atoms with E-state index < -0.39 is 15.4 Å². The van der Waals surface area contributed by atoms with Crippen molar-refractivity contribution in [1.82, 2.24) is 23.7 Å². The predicted molar refractivity (Wildman–Crippen MR) is 112 cm³/mol. The summed E-state index contributed by atoms with van der Waals surface area (Å²) >= 11 is 0. The lowest BCUT2D eigenvalue weighted by molar-refractivity contribution is -0.133. The minimum atomic E-state index is -3.79. The van der Waals surface area contributed by atoms with Gasteiger partial charge in [-0.1, -0.05) is 0 Å². The van der Waals surface area contributed by atoms with E-state index in [0.29, 0.717) is 31.5 Å². The molecule has 4 heterocycles. The highest BCUT2D eigenvalue weighted by Gasteiger charge is 2.55. The van der Waals surface area contributed by atoms with Crippen LogP contribution < -0.4 is 5.32 Å². The lowest BCUT2D eigenvalue weighted by atomic mass is 9.75. The van der Waals surface area contributed by atoms with Crippen molar-refractivity contribution in [3.63, 3.8) is 0 Å². The number of aryl methyl sites for hydroxylation is 1. The Bertz CT molecular complexity index is 1090. The number of hydrogen-bond donors (Lipinski definition) is 1. The molecule has 0 aliphatic carbocycles. The van der Waals surface area contributed by atoms with Crippen molar-refractivity contribution in [1.29, 1.82) is 0 Å². The molecule has 0 aromatic carbocycles. The highest BCUT2D eigenvalue weighted by Crippen LogP contribution is 2.45. The number of likely N-dealkylation sites (tertiary alicyclic amines) is 1. The monoisotopic (exact) mass is 446 g/mol. The van der Waals surface area contributed by atoms with Gasteiger partial charge in [-0.05, 0) is 31.4 Å². The minimum Gasteiger partial charge on any atom is -0.339 e. The Morgan fingerprint density at radius 3 is 2.65 bits per heavy atom. The number of hydrogen-bond acceptors (Lipinski definition) is 6. The van der Waals surface area contributed by atoms with Gasteiger partial charge in [0.25, 0.3) is 10.0 Å². The van der Waals surface area contributed by atoms with Crippen molar-refractivity contribution < 1.29 is 18.0 Å². The Kier molecular flexibility index (Phi) is 5.56. The molecule has 2 aliphatic rings. The van der Waals surface area contributed by atoms with Crippen LogP contribution in [0, 0.1) is 5.41 Å². The molecule has 2 atom stereocenters. The van der Waals surface area contributed by atoms with Gasteiger partial charge in [-0.15, -0.1) is 0 Å². The van der Waals surface area contributed by atoms with Gasteiger partial charge >= 0.3 is 0 Å². The molecule has 166 valence electrons. The molecular formula is C20H26N6O4S. The number of pyridine rings is 1. The molecule has 2 aromatic rings. The summed E-state index contributed by atoms with van der Waals surface area (Å²) in [5, 5.41) is 2.91. The summed E-state index contributed by atoms with van der Waals surface area (Å²) in [6.45, 7) is 2.37. The van der Waals surface area contributed by atoms with Gasteiger partial charge in [0.1, 0.15) is 0 Å². The summed E-state index contributed by atoms with van der Waals surface area (Å²) < 4.78 is 29.2. The summed E-state index contributed by atoms with van der Waals surface area (Å²) in [5.74, 6) is -0.312. The number of nitrogens with zero attached hydrogens (tertiary/aromatic N) is 5. The number of anilines is 1. The average molecular weight is 447 g/mol. The van der Waals surface area contributed by atoms with Crippen LogP contribution >= 0.6 is 0 Å². The number of aromatic nitrogens is 3. The lowest BCUT2D eigenvalue weighted by Crippen LogP contribution is -2.48. The zero-order chi connectivity index (χ0) is 22.2. The van der Waals surface area contributed by atoms with E-state index in [1.807, 2.05) is 0 Å². The van der Waals surface area contributed by atoms with Crippen LogP contribution in [0.25, 0.3) is 0 Å². The first-order valence-electron chi connectivity index (χ1n) is 10.2. The van der Waals surface area contributed by atoms with E-state index in [0.717, 1.165) is 0 Å². The minimum absolute atomic E-state index is 0.0145. The third-order valence-electron chi connectivity index (χ3n) is 6.33. The number of amides is 2. The fourth-order valence-electron chi connectivity index (χ4n) is 4.71. The van der Waals surface area contributed by atoms with Crippen molar-refractivity contribution in [3.05, 3.63) is 37.1 Å². The predicted octanol–water partition coefficient (Wildman–Crippen LogP) is 0.846. The number of imidazole rings is 1. The molecule has 10 nitrogen and oxygen atoms in total. The molecule has 2 fully saturated rings. The second kappa shape index (κ2) is 8.04. The van der Waals surface area contributed by atoms with Crippen LogP contribution in [0.5, 0.6) is 0 Å². The summed E-state index contributed by atoms with van der Waals surface area (Å²) in [4.78, 5) is 35.5. The van der Waals surface area contributed by atoms with Crippen LogP contribution in [0.2, 0.25) is 0 Å². The molecule has 0 unspecified atom stereocenters. The maximum atomic E-state index is 13.5. The first-order chi connectivity index (χ1) is 14.7. The molecule has 2 aromatic heterocycles. The molecule has 0 spiro atoms. The number of rotatable bonds is 4. The van der Waals surface area contributed by atoms with Crippen LogP contribution in [0.15, 0.2) is 42.1 Å². The van der Waals surface area contributed by atoms with E-state index >= 15 is 0 Å². The van der Waals surface area contributed by atoms with E-state index in [9.17, 15) is 18.0 Å². The maximum absolute atomic E-state index is 13.5. The van der Waals surface area contributed by atoms with E-state index in [1.165, 1.54) is 23.8 Å². The quantitative estimate of drug-likeness (QED) is 0.744. The maximum Gasteiger partial charge on any atom is 0.262 e. The molecule has 1 N–H and O–H groups in total. The average Bonchev–Trinajstić information content (AvgIpc) is 3.28. The van der Waals surface area contributed by atoms with E-state index in [1.54, 1.807) is 41.0 Å². The molecule has 2 aliphatic heterocycles. The van der Waals surface area contributed by atoms with Gasteiger partial charge in [0.2, 0.25) is 11.8 Å². The Morgan fingerprint density at radius 1 is 1.23 bits per heavy atom. The molecule has 2 saturated heterocycles. The van der Waals surface area contributed by atoms with E-state index in [4.69, 9.17) is 0 Å². The number of sulfonamides is 1. The highest BCUT2D eigenvalue weighted by atomic mass is 32.2. The van der Waals surface area contributed by atoms with Gasteiger partial charge < -0.3 is 14.8 Å². The van der Waals surface area contributed by atoms with Gasteiger partial charge in [-0.3, -0.25) is 14.6 Å². The van der Waals surface area contributed by atoms with Crippen LogP contribution in [0.4, 0.5) is 5.69 Å². The van der Waals surface area contributed by atoms with Crippen LogP contribution in [-0.4, -0.2) is 69.6 Å². The number of fused-ring (bicyclic) bond motifs is 1. The number of carbonyl (C=O) groups is 2. The Labute approximate surface area is 181 Å². The van der Waals surface area contributed by atoms with Crippen LogP contribution in [-0.2, 0) is 26.7 Å². The van der Waals surface area contributed by atoms with E-state index in [2.05, 4.69) is 15.3 Å². The third-order valence-corrected chi connectivity index (χ3v) is 8.12. The molecule has 31 heavy (non-hydrogen) atoms. The van der Waals surface area contributed by atoms with Crippen molar-refractivity contribution in [2.75, 3.05) is 25.0 Å². The van der Waals surface area contributed by atoms with Crippen LogP contribution in [0.1, 0.15) is 26.2 Å². The van der Waals surface area contributed by atoms with Gasteiger partial charge in [0.15, 0.2) is 5.03 Å². The Hall–Kier alpha value is -2.79. The standard InChI is InChI=1S/C20H26N6O4S/c1-15(27)26-11-7-20(19(28)23-16-4-3-8-21-12-16)6-10-25(9-5-17(20)26)31(29,30)18-13-24(2)14-22-18/h3-4,8,12-14,17H,5-7,9-11H2,1-2H3,(H,23,28)/t17-,20+/m1/s1. The first kappa shape index (κ1) is 21.4. The largest absolute Gasteiger partial charge is 0.339 e. The summed E-state index contributed by atoms with van der Waals surface area (Å²) in [7, 11) is -2.08. The summed E-state index contributed by atoms with van der Waals surface area (Å²) in [5.41, 5.74) is -0.292. The van der Waals surface area contributed by atoms with Gasteiger partial charge in [-0.2, -0.15) is 4.31 Å². The molecule has 0 saturated carbocycles. The van der Waals surface area contributed by atoms with Gasteiger partial charge in [0, 0.05) is 52.0 Å². The summed E-state index contributed by atoms with van der Waals surface area (Å²) in [6.07, 6.45) is 7.28. The topological polar surface area (TPSA) is 118 Å². The summed E-state index contributed by atoms with van der Waals surface area (Å²) in [6, 6.07) is 3.11. The van der Waals surface area contributed by atoms with Crippen molar-refractivity contribution >= 4 is 27.5 Å².